The highest BCUT2D eigenvalue weighted by Crippen LogP contribution is 2.32. The molecular weight excluding hydrogens is 324 g/mol. The Morgan fingerprint density at radius 1 is 1.44 bits per heavy atom. The standard InChI is InChI=1S/C17H26N4O4/c1-5-17(19-15(22)25-16(2,3)4)8-11-20(12-9-17)13-7-6-10-18-14(13)21(23)24/h6-7,10H,5,8-9,11-12H2,1-4H3,(H,19,22). The van der Waals surface area contributed by atoms with Crippen molar-refractivity contribution in [2.24, 2.45) is 0 Å². The van der Waals surface area contributed by atoms with E-state index in [-0.39, 0.29) is 11.4 Å². The maximum atomic E-state index is 12.1. The summed E-state index contributed by atoms with van der Waals surface area (Å²) in [5.41, 5.74) is -0.374. The molecule has 0 aliphatic carbocycles. The van der Waals surface area contributed by atoms with Gasteiger partial charge in [-0.15, -0.1) is 0 Å². The van der Waals surface area contributed by atoms with Gasteiger partial charge >= 0.3 is 11.9 Å². The summed E-state index contributed by atoms with van der Waals surface area (Å²) < 4.78 is 5.37. The molecule has 1 aliphatic rings. The third-order valence-electron chi connectivity index (χ3n) is 4.44. The van der Waals surface area contributed by atoms with Gasteiger partial charge in [-0.2, -0.15) is 0 Å². The van der Waals surface area contributed by atoms with E-state index in [4.69, 9.17) is 4.74 Å². The van der Waals surface area contributed by atoms with Crippen molar-refractivity contribution in [3.8, 4) is 0 Å². The Balaban J connectivity index is 2.06. The lowest BCUT2D eigenvalue weighted by molar-refractivity contribution is -0.388. The summed E-state index contributed by atoms with van der Waals surface area (Å²) in [7, 11) is 0. The second-order valence-electron chi connectivity index (χ2n) is 7.35. The molecule has 0 atom stereocenters. The molecule has 1 aromatic rings. The molecule has 8 heteroatoms. The average Bonchev–Trinajstić information content (AvgIpc) is 2.53. The number of pyridine rings is 1. The molecule has 0 spiro atoms. The summed E-state index contributed by atoms with van der Waals surface area (Å²) in [5.74, 6) is -0.133. The zero-order chi connectivity index (χ0) is 18.7. The number of carbonyl (C=O) groups excluding carboxylic acids is 1. The first kappa shape index (κ1) is 19.0. The fourth-order valence-corrected chi connectivity index (χ4v) is 3.04. The molecule has 0 radical (unpaired) electrons. The van der Waals surface area contributed by atoms with E-state index in [9.17, 15) is 14.9 Å². The van der Waals surface area contributed by atoms with Crippen LogP contribution >= 0.6 is 0 Å². The first-order valence-electron chi connectivity index (χ1n) is 8.51. The number of amides is 1. The first-order valence-corrected chi connectivity index (χ1v) is 8.51. The molecule has 1 fully saturated rings. The van der Waals surface area contributed by atoms with Gasteiger partial charge in [-0.3, -0.25) is 0 Å². The Morgan fingerprint density at radius 2 is 2.08 bits per heavy atom. The van der Waals surface area contributed by atoms with Gasteiger partial charge < -0.3 is 25.1 Å². The number of nitrogens with one attached hydrogen (secondary N) is 1. The fourth-order valence-electron chi connectivity index (χ4n) is 3.04. The normalized spacial score (nSPS) is 17.0. The van der Waals surface area contributed by atoms with E-state index >= 15 is 0 Å². The third-order valence-corrected chi connectivity index (χ3v) is 4.44. The Bertz CT molecular complexity index is 634. The molecule has 1 saturated heterocycles. The number of hydrogen-bond donors (Lipinski definition) is 1. The van der Waals surface area contributed by atoms with Crippen LogP contribution in [0.4, 0.5) is 16.3 Å². The maximum absolute atomic E-state index is 12.1. The van der Waals surface area contributed by atoms with E-state index in [1.54, 1.807) is 12.1 Å². The molecule has 25 heavy (non-hydrogen) atoms. The van der Waals surface area contributed by atoms with Crippen molar-refractivity contribution in [3.63, 3.8) is 0 Å². The second kappa shape index (κ2) is 7.25. The van der Waals surface area contributed by atoms with Crippen LogP contribution in [0.25, 0.3) is 0 Å². The average molecular weight is 350 g/mol. The van der Waals surface area contributed by atoms with E-state index in [1.165, 1.54) is 6.20 Å². The summed E-state index contributed by atoms with van der Waals surface area (Å²) in [4.78, 5) is 28.7. The van der Waals surface area contributed by atoms with Crippen molar-refractivity contribution in [2.75, 3.05) is 18.0 Å². The topological polar surface area (TPSA) is 97.6 Å². The Hall–Kier alpha value is -2.38. The van der Waals surface area contributed by atoms with Crippen LogP contribution < -0.4 is 10.2 Å². The van der Waals surface area contributed by atoms with Gasteiger partial charge in [0.05, 0.1) is 0 Å². The van der Waals surface area contributed by atoms with Crippen LogP contribution in [0.15, 0.2) is 18.3 Å². The van der Waals surface area contributed by atoms with E-state index in [0.717, 1.165) is 6.42 Å². The summed E-state index contributed by atoms with van der Waals surface area (Å²) in [6.07, 6.45) is 3.15. The molecule has 0 aromatic carbocycles. The van der Waals surface area contributed by atoms with Gasteiger partial charge in [0.2, 0.25) is 0 Å². The molecule has 0 unspecified atom stereocenters. The smallest absolute Gasteiger partial charge is 0.408 e. The molecule has 8 nitrogen and oxygen atoms in total. The van der Waals surface area contributed by atoms with E-state index < -0.39 is 16.6 Å². The lowest BCUT2D eigenvalue weighted by Crippen LogP contribution is -2.56. The van der Waals surface area contributed by atoms with Crippen LogP contribution in [-0.4, -0.2) is 40.2 Å². The SMILES string of the molecule is CCC1(NC(=O)OC(C)(C)C)CCN(c2cccnc2[N+](=O)[O-])CC1. The van der Waals surface area contributed by atoms with Gasteiger partial charge in [0.1, 0.15) is 17.5 Å². The number of rotatable bonds is 4. The predicted octanol–water partition coefficient (Wildman–Crippen LogP) is 3.26. The number of hydrogen-bond acceptors (Lipinski definition) is 6. The van der Waals surface area contributed by atoms with Crippen LogP contribution in [0.2, 0.25) is 0 Å². The van der Waals surface area contributed by atoms with Crippen LogP contribution in [0.1, 0.15) is 47.0 Å². The highest BCUT2D eigenvalue weighted by molar-refractivity contribution is 5.69. The largest absolute Gasteiger partial charge is 0.444 e. The first-order chi connectivity index (χ1) is 11.7. The lowest BCUT2D eigenvalue weighted by Gasteiger charge is -2.42. The van der Waals surface area contributed by atoms with Gasteiger partial charge in [0.15, 0.2) is 0 Å². The van der Waals surface area contributed by atoms with Crippen LogP contribution in [-0.2, 0) is 4.74 Å². The van der Waals surface area contributed by atoms with Crippen molar-refractivity contribution in [2.45, 2.75) is 58.1 Å². The van der Waals surface area contributed by atoms with Crippen LogP contribution in [0, 0.1) is 10.1 Å². The van der Waals surface area contributed by atoms with Gasteiger partial charge in [-0.25, -0.2) is 4.79 Å². The number of nitro groups is 1. The van der Waals surface area contributed by atoms with Crippen molar-refractivity contribution in [1.29, 1.82) is 0 Å². The molecule has 138 valence electrons. The highest BCUT2D eigenvalue weighted by Gasteiger charge is 2.37. The zero-order valence-corrected chi connectivity index (χ0v) is 15.2. The molecule has 1 aliphatic heterocycles. The number of anilines is 1. The Kier molecular flexibility index (Phi) is 5.49. The van der Waals surface area contributed by atoms with Gasteiger partial charge in [-0.1, -0.05) is 6.92 Å². The summed E-state index contributed by atoms with van der Waals surface area (Å²) in [6.45, 7) is 8.73. The summed E-state index contributed by atoms with van der Waals surface area (Å²) in [6, 6.07) is 3.41. The van der Waals surface area contributed by atoms with Gasteiger partial charge in [-0.05, 0) is 62.1 Å². The Labute approximate surface area is 147 Å². The van der Waals surface area contributed by atoms with E-state index in [2.05, 4.69) is 10.3 Å². The molecule has 2 rings (SSSR count). The lowest BCUT2D eigenvalue weighted by atomic mass is 9.85. The molecule has 1 aromatic heterocycles. The predicted molar refractivity (Wildman–Crippen MR) is 94.7 cm³/mol. The molecule has 1 N–H and O–H groups in total. The number of ether oxygens (including phenoxy) is 1. The molecule has 1 amide bonds. The molecule has 2 heterocycles. The minimum Gasteiger partial charge on any atom is -0.444 e. The fraction of sp³-hybridized carbons (Fsp3) is 0.647. The minimum absolute atomic E-state index is 0.133. The number of nitrogens with zero attached hydrogens (tertiary/aromatic N) is 3. The van der Waals surface area contributed by atoms with Crippen molar-refractivity contribution in [1.82, 2.24) is 10.3 Å². The molecular formula is C17H26N4O4. The van der Waals surface area contributed by atoms with Crippen molar-refractivity contribution < 1.29 is 14.5 Å². The quantitative estimate of drug-likeness (QED) is 0.661. The molecule has 0 saturated carbocycles. The van der Waals surface area contributed by atoms with Crippen molar-refractivity contribution in [3.05, 3.63) is 28.4 Å². The monoisotopic (exact) mass is 350 g/mol. The van der Waals surface area contributed by atoms with Gasteiger partial charge in [0.25, 0.3) is 0 Å². The second-order valence-corrected chi connectivity index (χ2v) is 7.35. The highest BCUT2D eigenvalue weighted by atomic mass is 16.6. The van der Waals surface area contributed by atoms with E-state index in [0.29, 0.717) is 31.6 Å². The maximum Gasteiger partial charge on any atom is 0.408 e. The number of carbonyl (C=O) groups is 1. The Morgan fingerprint density at radius 3 is 2.60 bits per heavy atom. The van der Waals surface area contributed by atoms with Crippen LogP contribution in [0.3, 0.4) is 0 Å². The number of aromatic nitrogens is 1. The van der Waals surface area contributed by atoms with E-state index in [1.807, 2.05) is 32.6 Å². The van der Waals surface area contributed by atoms with Crippen molar-refractivity contribution >= 4 is 17.6 Å². The summed E-state index contributed by atoms with van der Waals surface area (Å²) in [5, 5.41) is 14.2. The van der Waals surface area contributed by atoms with Crippen LogP contribution in [0.5, 0.6) is 0 Å². The number of piperidine rings is 1. The molecule has 0 bridgehead atoms. The zero-order valence-electron chi connectivity index (χ0n) is 15.2. The van der Waals surface area contributed by atoms with Gasteiger partial charge in [0, 0.05) is 18.6 Å². The summed E-state index contributed by atoms with van der Waals surface area (Å²) >= 11 is 0. The number of alkyl carbamates (subject to hydrolysis) is 1. The minimum atomic E-state index is -0.546. The third kappa shape index (κ3) is 4.80.